The molecule has 56 valence electrons. The van der Waals surface area contributed by atoms with Crippen molar-refractivity contribution >= 4 is 12.4 Å². The first-order valence-corrected chi connectivity index (χ1v) is 3.52. The molecule has 1 saturated heterocycles. The van der Waals surface area contributed by atoms with Gasteiger partial charge in [-0.2, -0.15) is 0 Å². The molecule has 0 amide bonds. The number of rotatable bonds is 0. The van der Waals surface area contributed by atoms with Crippen LogP contribution in [0.1, 0.15) is 26.7 Å². The van der Waals surface area contributed by atoms with E-state index in [-0.39, 0.29) is 12.4 Å². The van der Waals surface area contributed by atoms with Crippen molar-refractivity contribution in [2.45, 2.75) is 32.7 Å². The Kier molecular flexibility index (Phi) is 4.24. The molecule has 0 saturated carbocycles. The standard InChI is InChI=1S/C7H15N.ClH/c1-6-3-4-7(2)8-5-6;/h6-8H,3-5H2,1-2H3;1H/t6-,7+;/m0./s1. The van der Waals surface area contributed by atoms with Crippen LogP contribution in [0.25, 0.3) is 0 Å². The van der Waals surface area contributed by atoms with Crippen LogP contribution >= 0.6 is 12.4 Å². The van der Waals surface area contributed by atoms with Gasteiger partial charge in [-0.05, 0) is 32.2 Å². The van der Waals surface area contributed by atoms with E-state index in [1.165, 1.54) is 19.4 Å². The van der Waals surface area contributed by atoms with Crippen molar-refractivity contribution in [1.29, 1.82) is 0 Å². The van der Waals surface area contributed by atoms with Crippen molar-refractivity contribution < 1.29 is 0 Å². The largest absolute Gasteiger partial charge is 0.314 e. The fourth-order valence-corrected chi connectivity index (χ4v) is 1.14. The molecule has 0 unspecified atom stereocenters. The van der Waals surface area contributed by atoms with E-state index < -0.39 is 0 Å². The number of nitrogens with one attached hydrogen (secondary N) is 1. The van der Waals surface area contributed by atoms with Crippen LogP contribution in [0.5, 0.6) is 0 Å². The van der Waals surface area contributed by atoms with Gasteiger partial charge in [-0.1, -0.05) is 6.92 Å². The Balaban J connectivity index is 0.000000640. The highest BCUT2D eigenvalue weighted by molar-refractivity contribution is 5.85. The van der Waals surface area contributed by atoms with Crippen LogP contribution < -0.4 is 5.32 Å². The lowest BCUT2D eigenvalue weighted by Crippen LogP contribution is -2.35. The minimum atomic E-state index is 0. The molecule has 1 aliphatic heterocycles. The molecule has 0 spiro atoms. The van der Waals surface area contributed by atoms with Crippen molar-refractivity contribution in [2.24, 2.45) is 5.92 Å². The van der Waals surface area contributed by atoms with Gasteiger partial charge in [-0.15, -0.1) is 12.4 Å². The van der Waals surface area contributed by atoms with E-state index in [0.29, 0.717) is 0 Å². The summed E-state index contributed by atoms with van der Waals surface area (Å²) in [6.45, 7) is 5.78. The minimum Gasteiger partial charge on any atom is -0.314 e. The van der Waals surface area contributed by atoms with Crippen molar-refractivity contribution in [3.8, 4) is 0 Å². The summed E-state index contributed by atoms with van der Waals surface area (Å²) < 4.78 is 0. The Bertz CT molecular complexity index is 57.3. The zero-order valence-corrected chi connectivity index (χ0v) is 7.00. The second-order valence-corrected chi connectivity index (χ2v) is 2.99. The first-order valence-electron chi connectivity index (χ1n) is 3.52. The Morgan fingerprint density at radius 2 is 1.89 bits per heavy atom. The Hall–Kier alpha value is 0.250. The zero-order chi connectivity index (χ0) is 5.98. The van der Waals surface area contributed by atoms with E-state index >= 15 is 0 Å². The molecule has 1 fully saturated rings. The van der Waals surface area contributed by atoms with E-state index in [1.807, 2.05) is 0 Å². The van der Waals surface area contributed by atoms with Crippen molar-refractivity contribution in [3.05, 3.63) is 0 Å². The first-order chi connectivity index (χ1) is 3.79. The predicted octanol–water partition coefficient (Wildman–Crippen LogP) is 1.82. The van der Waals surface area contributed by atoms with Crippen LogP contribution in [0.4, 0.5) is 0 Å². The number of hydrogen-bond donors (Lipinski definition) is 1. The van der Waals surface area contributed by atoms with Gasteiger partial charge in [0.2, 0.25) is 0 Å². The quantitative estimate of drug-likeness (QED) is 0.554. The fourth-order valence-electron chi connectivity index (χ4n) is 1.14. The van der Waals surface area contributed by atoms with Crippen molar-refractivity contribution in [3.63, 3.8) is 0 Å². The summed E-state index contributed by atoms with van der Waals surface area (Å²) in [4.78, 5) is 0. The van der Waals surface area contributed by atoms with Gasteiger partial charge < -0.3 is 5.32 Å². The maximum atomic E-state index is 3.43. The van der Waals surface area contributed by atoms with Crippen LogP contribution in [-0.4, -0.2) is 12.6 Å². The van der Waals surface area contributed by atoms with Gasteiger partial charge in [0, 0.05) is 6.04 Å². The third kappa shape index (κ3) is 3.07. The number of hydrogen-bond acceptors (Lipinski definition) is 1. The minimum absolute atomic E-state index is 0. The van der Waals surface area contributed by atoms with Gasteiger partial charge in [-0.3, -0.25) is 0 Å². The lowest BCUT2D eigenvalue weighted by molar-refractivity contribution is 0.343. The normalized spacial score (nSPS) is 35.3. The van der Waals surface area contributed by atoms with Crippen molar-refractivity contribution in [1.82, 2.24) is 5.32 Å². The summed E-state index contributed by atoms with van der Waals surface area (Å²) in [6, 6.07) is 0.770. The van der Waals surface area contributed by atoms with Crippen molar-refractivity contribution in [2.75, 3.05) is 6.54 Å². The molecular formula is C7H16ClN. The van der Waals surface area contributed by atoms with E-state index in [0.717, 1.165) is 12.0 Å². The van der Waals surface area contributed by atoms with Crippen LogP contribution in [0.2, 0.25) is 0 Å². The summed E-state index contributed by atoms with van der Waals surface area (Å²) in [5, 5.41) is 3.43. The van der Waals surface area contributed by atoms with Gasteiger partial charge >= 0.3 is 0 Å². The van der Waals surface area contributed by atoms with Gasteiger partial charge in [0.25, 0.3) is 0 Å². The topological polar surface area (TPSA) is 12.0 Å². The van der Waals surface area contributed by atoms with Crippen LogP contribution in [-0.2, 0) is 0 Å². The molecular weight excluding hydrogens is 134 g/mol. The maximum Gasteiger partial charge on any atom is 0.00389 e. The molecule has 0 aliphatic carbocycles. The molecule has 1 N–H and O–H groups in total. The molecule has 1 heterocycles. The van der Waals surface area contributed by atoms with Gasteiger partial charge in [0.15, 0.2) is 0 Å². The smallest absolute Gasteiger partial charge is 0.00389 e. The molecule has 0 bridgehead atoms. The molecule has 0 aromatic rings. The average molecular weight is 150 g/mol. The highest BCUT2D eigenvalue weighted by atomic mass is 35.5. The van der Waals surface area contributed by atoms with Gasteiger partial charge in [0.1, 0.15) is 0 Å². The molecule has 2 heteroatoms. The summed E-state index contributed by atoms with van der Waals surface area (Å²) in [7, 11) is 0. The molecule has 0 radical (unpaired) electrons. The summed E-state index contributed by atoms with van der Waals surface area (Å²) in [6.07, 6.45) is 2.77. The third-order valence-corrected chi connectivity index (χ3v) is 1.91. The molecule has 0 aromatic heterocycles. The summed E-state index contributed by atoms with van der Waals surface area (Å²) in [5.74, 6) is 0.909. The Labute approximate surface area is 63.6 Å². The second-order valence-electron chi connectivity index (χ2n) is 2.99. The monoisotopic (exact) mass is 149 g/mol. The summed E-state index contributed by atoms with van der Waals surface area (Å²) >= 11 is 0. The lowest BCUT2D eigenvalue weighted by atomic mass is 9.98. The van der Waals surface area contributed by atoms with Crippen LogP contribution in [0, 0.1) is 5.92 Å². The van der Waals surface area contributed by atoms with Gasteiger partial charge in [-0.25, -0.2) is 0 Å². The second kappa shape index (κ2) is 4.13. The highest BCUT2D eigenvalue weighted by Gasteiger charge is 2.11. The van der Waals surface area contributed by atoms with Crippen LogP contribution in [0.3, 0.4) is 0 Å². The van der Waals surface area contributed by atoms with E-state index in [4.69, 9.17) is 0 Å². The fraction of sp³-hybridized carbons (Fsp3) is 1.00. The van der Waals surface area contributed by atoms with E-state index in [1.54, 1.807) is 0 Å². The zero-order valence-electron chi connectivity index (χ0n) is 6.18. The third-order valence-electron chi connectivity index (χ3n) is 1.91. The van der Waals surface area contributed by atoms with E-state index in [9.17, 15) is 0 Å². The van der Waals surface area contributed by atoms with Gasteiger partial charge in [0.05, 0.1) is 0 Å². The lowest BCUT2D eigenvalue weighted by Gasteiger charge is -2.24. The molecule has 9 heavy (non-hydrogen) atoms. The number of halogens is 1. The highest BCUT2D eigenvalue weighted by Crippen LogP contribution is 2.11. The maximum absolute atomic E-state index is 3.43. The SMILES string of the molecule is C[C@H]1CC[C@@H](C)NC1.Cl. The first kappa shape index (κ1) is 9.25. The average Bonchev–Trinajstić information content (AvgIpc) is 1.77. The molecule has 1 aliphatic rings. The molecule has 1 nitrogen and oxygen atoms in total. The predicted molar refractivity (Wildman–Crippen MR) is 43.1 cm³/mol. The summed E-state index contributed by atoms with van der Waals surface area (Å²) in [5.41, 5.74) is 0. The number of piperidine rings is 1. The Morgan fingerprint density at radius 3 is 2.22 bits per heavy atom. The Morgan fingerprint density at radius 1 is 1.22 bits per heavy atom. The van der Waals surface area contributed by atoms with Crippen LogP contribution in [0.15, 0.2) is 0 Å². The van der Waals surface area contributed by atoms with E-state index in [2.05, 4.69) is 19.2 Å². The molecule has 2 atom stereocenters. The molecule has 0 aromatic carbocycles. The molecule has 1 rings (SSSR count).